The summed E-state index contributed by atoms with van der Waals surface area (Å²) in [7, 11) is 0.508. The highest BCUT2D eigenvalue weighted by molar-refractivity contribution is 6.36. The Kier molecular flexibility index (Phi) is 5.64. The van der Waals surface area contributed by atoms with Crippen LogP contribution in [0.15, 0.2) is 30.3 Å². The second kappa shape index (κ2) is 7.06. The lowest BCUT2D eigenvalue weighted by Crippen LogP contribution is -2.38. The second-order valence-corrected chi connectivity index (χ2v) is 4.76. The van der Waals surface area contributed by atoms with Gasteiger partial charge in [-0.15, -0.1) is 0 Å². The highest BCUT2D eigenvalue weighted by Crippen LogP contribution is 2.10. The summed E-state index contributed by atoms with van der Waals surface area (Å²) in [4.78, 5) is 14.3. The maximum Gasteiger partial charge on any atom is 0.307 e. The summed E-state index contributed by atoms with van der Waals surface area (Å²) >= 11 is 0. The van der Waals surface area contributed by atoms with E-state index in [9.17, 15) is 4.79 Å². The fourth-order valence-electron chi connectivity index (χ4n) is 1.33. The van der Waals surface area contributed by atoms with Crippen LogP contribution in [0.5, 0.6) is 0 Å². The van der Waals surface area contributed by atoms with Gasteiger partial charge in [-0.3, -0.25) is 0 Å². The van der Waals surface area contributed by atoms with E-state index < -0.39 is 0 Å². The molecular weight excluding hydrogens is 216 g/mol. The lowest BCUT2D eigenvalue weighted by Gasteiger charge is -2.14. The zero-order valence-electron chi connectivity index (χ0n) is 9.79. The van der Waals surface area contributed by atoms with Gasteiger partial charge in [-0.2, -0.15) is 0 Å². The van der Waals surface area contributed by atoms with Gasteiger partial charge in [0.05, 0.1) is 6.04 Å². The highest BCUT2D eigenvalue weighted by atomic mass is 28.2. The predicted molar refractivity (Wildman–Crippen MR) is 67.4 cm³/mol. The Bertz CT molecular complexity index is 316. The van der Waals surface area contributed by atoms with Gasteiger partial charge in [0.25, 0.3) is 0 Å². The van der Waals surface area contributed by atoms with E-state index in [2.05, 4.69) is 17.2 Å². The van der Waals surface area contributed by atoms with Crippen LogP contribution in [0.1, 0.15) is 31.9 Å². The van der Waals surface area contributed by atoms with Crippen molar-refractivity contribution in [2.24, 2.45) is 0 Å². The van der Waals surface area contributed by atoms with E-state index in [0.29, 0.717) is 9.68 Å². The third kappa shape index (κ3) is 4.48. The standard InChI is InChI=1S/C12H18N2OSi/c1-3-9-16-14-12(15)13-10(2)11-7-5-4-6-8-11/h4-8,10H,3,9H2,1-2H3,(H2,13,14,15)/t10-/m1/s1. The molecule has 2 amide bonds. The quantitative estimate of drug-likeness (QED) is 0.596. The number of benzene rings is 1. The summed E-state index contributed by atoms with van der Waals surface area (Å²) in [6.07, 6.45) is 1.10. The molecule has 0 aliphatic carbocycles. The van der Waals surface area contributed by atoms with Crippen LogP contribution < -0.4 is 10.3 Å². The van der Waals surface area contributed by atoms with E-state index in [0.717, 1.165) is 18.0 Å². The first-order chi connectivity index (χ1) is 7.74. The topological polar surface area (TPSA) is 41.1 Å². The summed E-state index contributed by atoms with van der Waals surface area (Å²) in [6.45, 7) is 4.09. The molecule has 4 heteroatoms. The van der Waals surface area contributed by atoms with Crippen molar-refractivity contribution in [1.82, 2.24) is 10.3 Å². The third-order valence-electron chi connectivity index (χ3n) is 2.22. The van der Waals surface area contributed by atoms with Gasteiger partial charge in [0.1, 0.15) is 0 Å². The fraction of sp³-hybridized carbons (Fsp3) is 0.417. The van der Waals surface area contributed by atoms with Crippen LogP contribution in [0.2, 0.25) is 6.04 Å². The van der Waals surface area contributed by atoms with Gasteiger partial charge in [-0.25, -0.2) is 4.79 Å². The summed E-state index contributed by atoms with van der Waals surface area (Å²) in [6, 6.07) is 11.0. The molecule has 0 unspecified atom stereocenters. The van der Waals surface area contributed by atoms with Crippen LogP contribution in [0.4, 0.5) is 4.79 Å². The third-order valence-corrected chi connectivity index (χ3v) is 3.38. The number of urea groups is 1. The van der Waals surface area contributed by atoms with E-state index in [4.69, 9.17) is 0 Å². The zero-order chi connectivity index (χ0) is 11.8. The summed E-state index contributed by atoms with van der Waals surface area (Å²) in [5.74, 6) is 0. The number of nitrogens with one attached hydrogen (secondary N) is 2. The van der Waals surface area contributed by atoms with Crippen molar-refractivity contribution in [2.75, 3.05) is 0 Å². The van der Waals surface area contributed by atoms with E-state index in [-0.39, 0.29) is 12.1 Å². The molecule has 0 heterocycles. The first kappa shape index (κ1) is 12.8. The van der Waals surface area contributed by atoms with Crippen LogP contribution in [0, 0.1) is 0 Å². The lowest BCUT2D eigenvalue weighted by molar-refractivity contribution is 0.243. The van der Waals surface area contributed by atoms with Crippen LogP contribution >= 0.6 is 0 Å². The van der Waals surface area contributed by atoms with Crippen molar-refractivity contribution in [1.29, 1.82) is 0 Å². The van der Waals surface area contributed by atoms with E-state index in [1.807, 2.05) is 37.3 Å². The van der Waals surface area contributed by atoms with E-state index >= 15 is 0 Å². The molecule has 3 nitrogen and oxygen atoms in total. The lowest BCUT2D eigenvalue weighted by atomic mass is 10.1. The minimum atomic E-state index is -0.0804. The van der Waals surface area contributed by atoms with Crippen molar-refractivity contribution in [3.05, 3.63) is 35.9 Å². The second-order valence-electron chi connectivity index (χ2n) is 3.66. The van der Waals surface area contributed by atoms with Gasteiger partial charge in [0.2, 0.25) is 0 Å². The molecule has 1 rings (SSSR count). The minimum Gasteiger partial charge on any atom is -0.365 e. The number of carbonyl (C=O) groups is 1. The molecule has 2 radical (unpaired) electrons. The molecule has 0 spiro atoms. The van der Waals surface area contributed by atoms with Crippen LogP contribution in [-0.4, -0.2) is 15.7 Å². The van der Waals surface area contributed by atoms with Crippen LogP contribution in [-0.2, 0) is 0 Å². The predicted octanol–water partition coefficient (Wildman–Crippen LogP) is 2.49. The van der Waals surface area contributed by atoms with E-state index in [1.165, 1.54) is 0 Å². The summed E-state index contributed by atoms with van der Waals surface area (Å²) in [5.41, 5.74) is 1.12. The molecule has 0 saturated carbocycles. The molecule has 2 N–H and O–H groups in total. The van der Waals surface area contributed by atoms with Crippen molar-refractivity contribution in [2.45, 2.75) is 32.4 Å². The Morgan fingerprint density at radius 3 is 2.69 bits per heavy atom. The molecule has 0 bridgehead atoms. The Hall–Kier alpha value is -1.29. The molecule has 16 heavy (non-hydrogen) atoms. The molecule has 86 valence electrons. The molecule has 0 aliphatic rings. The smallest absolute Gasteiger partial charge is 0.307 e. The molecule has 1 aromatic rings. The average molecular weight is 234 g/mol. The largest absolute Gasteiger partial charge is 0.365 e. The first-order valence-corrected chi connectivity index (χ1v) is 6.79. The van der Waals surface area contributed by atoms with Gasteiger partial charge in [-0.05, 0) is 18.5 Å². The molecule has 1 aromatic carbocycles. The van der Waals surface area contributed by atoms with Crippen molar-refractivity contribution in [3.63, 3.8) is 0 Å². The SMILES string of the molecule is CCC[Si]NC(=O)N[C@H](C)c1ccccc1. The van der Waals surface area contributed by atoms with E-state index in [1.54, 1.807) is 0 Å². The van der Waals surface area contributed by atoms with Crippen LogP contribution in [0.3, 0.4) is 0 Å². The highest BCUT2D eigenvalue weighted by Gasteiger charge is 2.07. The first-order valence-electron chi connectivity index (χ1n) is 5.58. The van der Waals surface area contributed by atoms with Crippen LogP contribution in [0.25, 0.3) is 0 Å². The number of hydrogen-bond acceptors (Lipinski definition) is 1. The molecular formula is C12H18N2OSi. The van der Waals surface area contributed by atoms with Gasteiger partial charge in [0.15, 0.2) is 9.68 Å². The summed E-state index contributed by atoms with van der Waals surface area (Å²) in [5, 5.41) is 2.91. The van der Waals surface area contributed by atoms with Gasteiger partial charge in [-0.1, -0.05) is 43.7 Å². The fourth-order valence-corrected chi connectivity index (χ4v) is 1.93. The van der Waals surface area contributed by atoms with Gasteiger partial charge >= 0.3 is 6.03 Å². The number of amides is 2. The molecule has 0 saturated heterocycles. The molecule has 1 atom stereocenters. The minimum absolute atomic E-state index is 0.0487. The number of hydrogen-bond donors (Lipinski definition) is 2. The Labute approximate surface area is 99.5 Å². The Morgan fingerprint density at radius 1 is 1.38 bits per heavy atom. The van der Waals surface area contributed by atoms with Gasteiger partial charge < -0.3 is 10.3 Å². The monoisotopic (exact) mass is 234 g/mol. The molecule has 0 aliphatic heterocycles. The van der Waals surface area contributed by atoms with Gasteiger partial charge in [0, 0.05) is 0 Å². The van der Waals surface area contributed by atoms with Crippen molar-refractivity contribution < 1.29 is 4.79 Å². The number of carbonyl (C=O) groups excluding carboxylic acids is 1. The number of rotatable bonds is 5. The average Bonchev–Trinajstić information content (AvgIpc) is 2.30. The maximum atomic E-state index is 11.5. The molecule has 0 aromatic heterocycles. The van der Waals surface area contributed by atoms with Crippen molar-refractivity contribution in [3.8, 4) is 0 Å². The van der Waals surface area contributed by atoms with Crippen molar-refractivity contribution >= 4 is 15.7 Å². The zero-order valence-corrected chi connectivity index (χ0v) is 10.8. The summed E-state index contributed by atoms with van der Waals surface area (Å²) < 4.78 is 0. The molecule has 0 fully saturated rings. The Morgan fingerprint density at radius 2 is 2.06 bits per heavy atom. The normalized spacial score (nSPS) is 11.9. The maximum absolute atomic E-state index is 11.5. The Balaban J connectivity index is 2.34.